The maximum atomic E-state index is 14.1. The minimum atomic E-state index is -4.63. The van der Waals surface area contributed by atoms with Crippen LogP contribution >= 0.6 is 0 Å². The summed E-state index contributed by atoms with van der Waals surface area (Å²) in [6, 6.07) is 1.99. The Kier molecular flexibility index (Phi) is 11.1. The lowest BCUT2D eigenvalue weighted by atomic mass is 10.1. The van der Waals surface area contributed by atoms with Crippen molar-refractivity contribution in [2.75, 3.05) is 31.5 Å². The molecule has 0 saturated heterocycles. The summed E-state index contributed by atoms with van der Waals surface area (Å²) >= 11 is 0. The van der Waals surface area contributed by atoms with Gasteiger partial charge in [-0.15, -0.1) is 0 Å². The van der Waals surface area contributed by atoms with Gasteiger partial charge in [-0.1, -0.05) is 12.1 Å². The molecule has 0 aliphatic carbocycles. The Morgan fingerprint density at radius 2 is 1.49 bits per heavy atom. The third kappa shape index (κ3) is 8.83. The number of nitrogens with one attached hydrogen (secondary N) is 2. The van der Waals surface area contributed by atoms with E-state index in [1.165, 1.54) is 4.90 Å². The third-order valence-electron chi connectivity index (χ3n) is 5.27. The number of carbonyl (C=O) groups is 3. The molecule has 0 aliphatic rings. The van der Waals surface area contributed by atoms with Crippen LogP contribution in [0, 0.1) is 17.5 Å². The van der Waals surface area contributed by atoms with E-state index in [9.17, 15) is 40.7 Å². The van der Waals surface area contributed by atoms with Crippen molar-refractivity contribution < 1.29 is 40.7 Å². The molecule has 0 saturated carbocycles. The number of benzene rings is 2. The highest BCUT2D eigenvalue weighted by atomic mass is 19.4. The lowest BCUT2D eigenvalue weighted by Gasteiger charge is -2.27. The number of hydrogen-bond donors (Lipinski definition) is 5. The fraction of sp³-hybridized carbons (Fsp3) is 0.348. The molecule has 0 aromatic heterocycles. The van der Waals surface area contributed by atoms with Gasteiger partial charge in [0.1, 0.15) is 0 Å². The molecule has 4 amide bonds. The monoisotopic (exact) mass is 563 g/mol. The molecular formula is C23H27F6N7O3. The number of nitrogens with zero attached hydrogens (tertiary/aromatic N) is 2. The van der Waals surface area contributed by atoms with Crippen molar-refractivity contribution in [3.8, 4) is 0 Å². The molecule has 2 aromatic carbocycles. The minimum absolute atomic E-state index is 0.0888. The first-order valence-electron chi connectivity index (χ1n) is 11.4. The van der Waals surface area contributed by atoms with Crippen LogP contribution in [0.2, 0.25) is 0 Å². The number of anilines is 1. The van der Waals surface area contributed by atoms with Crippen molar-refractivity contribution in [1.29, 1.82) is 0 Å². The highest BCUT2D eigenvalue weighted by Gasteiger charge is 2.30. The molecule has 0 bridgehead atoms. The predicted molar refractivity (Wildman–Crippen MR) is 128 cm³/mol. The number of alkyl halides is 3. The van der Waals surface area contributed by atoms with Gasteiger partial charge in [-0.25, -0.2) is 23.0 Å². The average molecular weight is 564 g/mol. The first-order chi connectivity index (χ1) is 18.3. The zero-order chi connectivity index (χ0) is 29.3. The van der Waals surface area contributed by atoms with Crippen molar-refractivity contribution in [3.05, 3.63) is 65.0 Å². The molecule has 0 spiro atoms. The Morgan fingerprint density at radius 1 is 0.897 bits per heavy atom. The molecule has 8 N–H and O–H groups in total. The van der Waals surface area contributed by atoms with E-state index in [2.05, 4.69) is 5.43 Å². The Bertz CT molecular complexity index is 1160. The largest absolute Gasteiger partial charge is 0.416 e. The lowest BCUT2D eigenvalue weighted by molar-refractivity contribution is -0.137. The van der Waals surface area contributed by atoms with Crippen LogP contribution in [0.3, 0.4) is 0 Å². The van der Waals surface area contributed by atoms with Gasteiger partial charge in [-0.2, -0.15) is 13.2 Å². The summed E-state index contributed by atoms with van der Waals surface area (Å²) in [6.45, 7) is -0.0308. The summed E-state index contributed by atoms with van der Waals surface area (Å²) in [6.07, 6.45) is -5.14. The second-order valence-corrected chi connectivity index (χ2v) is 8.18. The molecule has 16 heteroatoms. The fourth-order valence-electron chi connectivity index (χ4n) is 3.25. The second kappa shape index (κ2) is 13.8. The molecule has 214 valence electrons. The van der Waals surface area contributed by atoms with Gasteiger partial charge in [-0.3, -0.25) is 15.0 Å². The molecule has 1 atom stereocenters. The smallest absolute Gasteiger partial charge is 0.340 e. The van der Waals surface area contributed by atoms with Crippen LogP contribution in [-0.2, 0) is 22.3 Å². The van der Waals surface area contributed by atoms with Gasteiger partial charge < -0.3 is 27.4 Å². The Labute approximate surface area is 219 Å². The van der Waals surface area contributed by atoms with Gasteiger partial charge in [0, 0.05) is 26.2 Å². The summed E-state index contributed by atoms with van der Waals surface area (Å²) < 4.78 is 79.6. The molecule has 0 aliphatic heterocycles. The van der Waals surface area contributed by atoms with E-state index in [1.54, 1.807) is 0 Å². The van der Waals surface area contributed by atoms with E-state index in [0.29, 0.717) is 11.1 Å². The number of rotatable bonds is 10. The van der Waals surface area contributed by atoms with Crippen LogP contribution in [-0.4, -0.2) is 60.0 Å². The van der Waals surface area contributed by atoms with Crippen molar-refractivity contribution in [1.82, 2.24) is 15.3 Å². The molecular weight excluding hydrogens is 536 g/mol. The van der Waals surface area contributed by atoms with E-state index in [1.807, 2.05) is 5.32 Å². The van der Waals surface area contributed by atoms with E-state index >= 15 is 0 Å². The summed E-state index contributed by atoms with van der Waals surface area (Å²) in [7, 11) is 0. The lowest BCUT2D eigenvalue weighted by Crippen LogP contribution is -2.54. The van der Waals surface area contributed by atoms with E-state index in [-0.39, 0.29) is 31.7 Å². The fourth-order valence-corrected chi connectivity index (χ4v) is 3.25. The molecule has 2 aromatic rings. The number of nitrogens with two attached hydrogens (primary N) is 3. The van der Waals surface area contributed by atoms with Crippen LogP contribution in [0.25, 0.3) is 0 Å². The summed E-state index contributed by atoms with van der Waals surface area (Å²) in [5, 5.41) is 2.46. The molecule has 2 rings (SSSR count). The number of urea groups is 1. The quantitative estimate of drug-likeness (QED) is 0.168. The zero-order valence-corrected chi connectivity index (χ0v) is 20.4. The van der Waals surface area contributed by atoms with Crippen LogP contribution in [0.15, 0.2) is 36.4 Å². The summed E-state index contributed by atoms with van der Waals surface area (Å²) in [5.41, 5.74) is 17.2. The second-order valence-electron chi connectivity index (χ2n) is 8.18. The van der Waals surface area contributed by atoms with E-state index in [4.69, 9.17) is 17.2 Å². The van der Waals surface area contributed by atoms with E-state index < -0.39 is 71.7 Å². The zero-order valence-electron chi connectivity index (χ0n) is 20.4. The van der Waals surface area contributed by atoms with Crippen molar-refractivity contribution in [2.24, 2.45) is 17.2 Å². The number of hydrogen-bond acceptors (Lipinski definition) is 6. The normalized spacial score (nSPS) is 12.0. The first-order valence-corrected chi connectivity index (χ1v) is 11.4. The Balaban J connectivity index is 2.25. The number of hydrazine groups is 1. The van der Waals surface area contributed by atoms with Gasteiger partial charge in [0.15, 0.2) is 17.5 Å². The van der Waals surface area contributed by atoms with Crippen LogP contribution < -0.4 is 27.9 Å². The van der Waals surface area contributed by atoms with Crippen molar-refractivity contribution in [2.45, 2.75) is 25.2 Å². The van der Waals surface area contributed by atoms with Gasteiger partial charge in [-0.05, 0) is 29.8 Å². The van der Waals surface area contributed by atoms with Crippen molar-refractivity contribution in [3.63, 3.8) is 0 Å². The maximum Gasteiger partial charge on any atom is 0.416 e. The van der Waals surface area contributed by atoms with Gasteiger partial charge in [0.25, 0.3) is 5.91 Å². The van der Waals surface area contributed by atoms with Gasteiger partial charge in [0.05, 0.1) is 30.3 Å². The Hall–Kier alpha value is -3.89. The summed E-state index contributed by atoms with van der Waals surface area (Å²) in [4.78, 5) is 39.3. The molecule has 39 heavy (non-hydrogen) atoms. The maximum absolute atomic E-state index is 14.1. The first kappa shape index (κ1) is 31.3. The summed E-state index contributed by atoms with van der Waals surface area (Å²) in [5.74, 6) is -6.74. The van der Waals surface area contributed by atoms with Crippen LogP contribution in [0.5, 0.6) is 0 Å². The predicted octanol–water partition coefficient (Wildman–Crippen LogP) is 1.65. The third-order valence-corrected chi connectivity index (χ3v) is 5.27. The van der Waals surface area contributed by atoms with Crippen LogP contribution in [0.4, 0.5) is 36.8 Å². The number of carbonyl (C=O) groups excluding carboxylic acids is 3. The highest BCUT2D eigenvalue weighted by Crippen LogP contribution is 2.29. The van der Waals surface area contributed by atoms with Gasteiger partial charge in [0.2, 0.25) is 5.91 Å². The number of halogens is 6. The van der Waals surface area contributed by atoms with Crippen LogP contribution in [0.1, 0.15) is 17.5 Å². The minimum Gasteiger partial charge on any atom is -0.340 e. The number of amides is 4. The molecule has 0 fully saturated rings. The highest BCUT2D eigenvalue weighted by molar-refractivity contribution is 5.93. The standard InChI is InChI=1S/C23H27F6N7O3/c24-15-5-6-17(20(26)19(15)25)33-22(39)36(12-13-1-3-14(4-2-13)23(27,28)29)34-21(38)16(32)11-18(37)35(9-7-30)10-8-31/h1-6,16H,7-12,30-32H2,(H,33,39)(H,34,38). The molecule has 0 heterocycles. The SMILES string of the molecule is NCCN(CCN)C(=O)CC(N)C(=O)NN(Cc1ccc(C(F)(F)F)cc1)C(=O)Nc1ccc(F)c(F)c1F. The molecule has 1 unspecified atom stereocenters. The molecule has 0 radical (unpaired) electrons. The van der Waals surface area contributed by atoms with E-state index in [0.717, 1.165) is 30.3 Å². The van der Waals surface area contributed by atoms with Gasteiger partial charge >= 0.3 is 12.2 Å². The average Bonchev–Trinajstić information content (AvgIpc) is 2.88. The van der Waals surface area contributed by atoms with Crippen molar-refractivity contribution >= 4 is 23.5 Å². The molecule has 10 nitrogen and oxygen atoms in total. The Morgan fingerprint density at radius 3 is 2.03 bits per heavy atom. The topological polar surface area (TPSA) is 160 Å².